The number of amidine groups is 1. The second kappa shape index (κ2) is 8.61. The number of amides is 1. The number of thioether (sulfide) groups is 1. The molecule has 0 aliphatic carbocycles. The van der Waals surface area contributed by atoms with E-state index in [1.165, 1.54) is 4.68 Å². The van der Waals surface area contributed by atoms with E-state index in [-0.39, 0.29) is 11.5 Å². The molecule has 148 valence electrons. The lowest BCUT2D eigenvalue weighted by Gasteiger charge is -2.28. The van der Waals surface area contributed by atoms with Crippen LogP contribution >= 0.6 is 11.8 Å². The SMILES string of the molecule is CCCn1nc(C(=O)N2CCCSC2=Nc2ccccc2)c2ccccc2c1=O. The number of hydrogen-bond acceptors (Lipinski definition) is 5. The van der Waals surface area contributed by atoms with Crippen molar-refractivity contribution in [3.05, 3.63) is 70.6 Å². The number of fused-ring (bicyclic) bond motifs is 1. The average molecular weight is 407 g/mol. The Balaban J connectivity index is 1.80. The van der Waals surface area contributed by atoms with E-state index in [1.807, 2.05) is 49.4 Å². The number of aromatic nitrogens is 2. The third-order valence-corrected chi connectivity index (χ3v) is 5.78. The molecule has 1 fully saturated rings. The zero-order valence-corrected chi connectivity index (χ0v) is 17.1. The summed E-state index contributed by atoms with van der Waals surface area (Å²) >= 11 is 1.57. The van der Waals surface area contributed by atoms with Crippen LogP contribution in [0, 0.1) is 0 Å². The summed E-state index contributed by atoms with van der Waals surface area (Å²) in [4.78, 5) is 32.6. The Hall–Kier alpha value is -2.93. The summed E-state index contributed by atoms with van der Waals surface area (Å²) in [5.74, 6) is 0.701. The number of rotatable bonds is 4. The standard InChI is InChI=1S/C22H22N4O2S/c1-2-13-26-20(27)18-12-7-6-11-17(18)19(24-26)21(28)25-14-8-15-29-22(25)23-16-9-4-3-5-10-16/h3-7,9-12H,2,8,13-15H2,1H3. The van der Waals surface area contributed by atoms with Crippen LogP contribution < -0.4 is 5.56 Å². The van der Waals surface area contributed by atoms with Crippen LogP contribution in [0.4, 0.5) is 5.69 Å². The van der Waals surface area contributed by atoms with E-state index in [0.717, 1.165) is 24.3 Å². The molecule has 2 aromatic carbocycles. The fourth-order valence-corrected chi connectivity index (χ4v) is 4.29. The van der Waals surface area contributed by atoms with Crippen LogP contribution in [0.2, 0.25) is 0 Å². The van der Waals surface area contributed by atoms with Gasteiger partial charge in [0.1, 0.15) is 0 Å². The number of carbonyl (C=O) groups excluding carboxylic acids is 1. The molecule has 0 atom stereocenters. The smallest absolute Gasteiger partial charge is 0.280 e. The molecule has 1 aliphatic heterocycles. The van der Waals surface area contributed by atoms with Crippen LogP contribution in [0.3, 0.4) is 0 Å². The largest absolute Gasteiger partial charge is 0.286 e. The molecule has 0 spiro atoms. The minimum Gasteiger partial charge on any atom is -0.286 e. The van der Waals surface area contributed by atoms with Gasteiger partial charge in [0.2, 0.25) is 0 Å². The van der Waals surface area contributed by atoms with Crippen molar-refractivity contribution in [1.82, 2.24) is 14.7 Å². The normalized spacial score (nSPS) is 15.8. The van der Waals surface area contributed by atoms with Crippen LogP contribution in [-0.4, -0.2) is 38.1 Å². The maximum Gasteiger partial charge on any atom is 0.280 e. The number of benzene rings is 2. The van der Waals surface area contributed by atoms with E-state index < -0.39 is 0 Å². The van der Waals surface area contributed by atoms with Crippen LogP contribution in [0.15, 0.2) is 64.4 Å². The summed E-state index contributed by atoms with van der Waals surface area (Å²) in [6, 6.07) is 16.8. The summed E-state index contributed by atoms with van der Waals surface area (Å²) in [7, 11) is 0. The van der Waals surface area contributed by atoms with Gasteiger partial charge in [-0.25, -0.2) is 9.67 Å². The number of nitrogens with zero attached hydrogens (tertiary/aromatic N) is 4. The van der Waals surface area contributed by atoms with Gasteiger partial charge in [-0.15, -0.1) is 0 Å². The van der Waals surface area contributed by atoms with Gasteiger partial charge in [0.05, 0.1) is 11.1 Å². The van der Waals surface area contributed by atoms with Gasteiger partial charge in [-0.2, -0.15) is 5.10 Å². The molecule has 29 heavy (non-hydrogen) atoms. The fraction of sp³-hybridized carbons (Fsp3) is 0.273. The fourth-order valence-electron chi connectivity index (χ4n) is 3.34. The monoisotopic (exact) mass is 406 g/mol. The quantitative estimate of drug-likeness (QED) is 0.655. The van der Waals surface area contributed by atoms with Crippen molar-refractivity contribution in [3.8, 4) is 0 Å². The number of aliphatic imine (C=N–C) groups is 1. The second-order valence-electron chi connectivity index (χ2n) is 6.81. The van der Waals surface area contributed by atoms with E-state index in [0.29, 0.717) is 34.7 Å². The first-order valence-electron chi connectivity index (χ1n) is 9.77. The summed E-state index contributed by atoms with van der Waals surface area (Å²) in [6.07, 6.45) is 1.65. The van der Waals surface area contributed by atoms with Gasteiger partial charge >= 0.3 is 0 Å². The van der Waals surface area contributed by atoms with Crippen LogP contribution in [-0.2, 0) is 6.54 Å². The minimum absolute atomic E-state index is 0.162. The van der Waals surface area contributed by atoms with E-state index in [2.05, 4.69) is 5.10 Å². The van der Waals surface area contributed by atoms with Gasteiger partial charge < -0.3 is 0 Å². The van der Waals surface area contributed by atoms with Gasteiger partial charge in [0.15, 0.2) is 10.9 Å². The van der Waals surface area contributed by atoms with Crippen LogP contribution in [0.25, 0.3) is 10.8 Å². The summed E-state index contributed by atoms with van der Waals surface area (Å²) < 4.78 is 1.40. The molecule has 0 N–H and O–H groups in total. The van der Waals surface area contributed by atoms with Crippen molar-refractivity contribution >= 4 is 39.3 Å². The molecule has 0 saturated carbocycles. The minimum atomic E-state index is -0.215. The molecule has 0 radical (unpaired) electrons. The van der Waals surface area contributed by atoms with Crippen molar-refractivity contribution < 1.29 is 4.79 Å². The van der Waals surface area contributed by atoms with Gasteiger partial charge in [-0.1, -0.05) is 55.1 Å². The average Bonchev–Trinajstić information content (AvgIpc) is 2.76. The molecule has 0 bridgehead atoms. The summed E-state index contributed by atoms with van der Waals surface area (Å²) in [5.41, 5.74) is 0.950. The number of carbonyl (C=O) groups is 1. The Labute approximate surface area is 173 Å². The highest BCUT2D eigenvalue weighted by Gasteiger charge is 2.28. The first-order valence-corrected chi connectivity index (χ1v) is 10.8. The predicted octanol–water partition coefficient (Wildman–Crippen LogP) is 4.07. The predicted molar refractivity (Wildman–Crippen MR) is 118 cm³/mol. The molecule has 6 nitrogen and oxygen atoms in total. The third kappa shape index (κ3) is 3.96. The zero-order chi connectivity index (χ0) is 20.2. The molecule has 1 aromatic heterocycles. The van der Waals surface area contributed by atoms with E-state index in [4.69, 9.17) is 4.99 Å². The van der Waals surface area contributed by atoms with Crippen molar-refractivity contribution in [1.29, 1.82) is 0 Å². The van der Waals surface area contributed by atoms with Crippen molar-refractivity contribution in [2.24, 2.45) is 4.99 Å². The molecule has 2 heterocycles. The first kappa shape index (κ1) is 19.4. The third-order valence-electron chi connectivity index (χ3n) is 4.72. The van der Waals surface area contributed by atoms with Gasteiger partial charge in [0, 0.05) is 24.2 Å². The molecule has 1 aliphatic rings. The first-order chi connectivity index (χ1) is 14.2. The number of hydrogen-bond donors (Lipinski definition) is 0. The lowest BCUT2D eigenvalue weighted by atomic mass is 10.1. The van der Waals surface area contributed by atoms with Crippen molar-refractivity contribution in [2.75, 3.05) is 12.3 Å². The van der Waals surface area contributed by atoms with Gasteiger partial charge in [0.25, 0.3) is 11.5 Å². The highest BCUT2D eigenvalue weighted by atomic mass is 32.2. The highest BCUT2D eigenvalue weighted by Crippen LogP contribution is 2.25. The maximum atomic E-state index is 13.5. The number of aryl methyl sites for hydroxylation is 1. The van der Waals surface area contributed by atoms with Gasteiger partial charge in [-0.3, -0.25) is 14.5 Å². The topological polar surface area (TPSA) is 67.6 Å². The zero-order valence-electron chi connectivity index (χ0n) is 16.2. The van der Waals surface area contributed by atoms with E-state index in [1.54, 1.807) is 28.8 Å². The van der Waals surface area contributed by atoms with Crippen LogP contribution in [0.1, 0.15) is 30.3 Å². The number of para-hydroxylation sites is 1. The van der Waals surface area contributed by atoms with Crippen LogP contribution in [0.5, 0.6) is 0 Å². The molecular formula is C22H22N4O2S. The van der Waals surface area contributed by atoms with E-state index >= 15 is 0 Å². The molecule has 0 unspecified atom stereocenters. The molecular weight excluding hydrogens is 384 g/mol. The Morgan fingerprint density at radius 2 is 1.83 bits per heavy atom. The lowest BCUT2D eigenvalue weighted by molar-refractivity contribution is 0.0843. The second-order valence-corrected chi connectivity index (χ2v) is 7.87. The molecule has 1 saturated heterocycles. The van der Waals surface area contributed by atoms with Crippen molar-refractivity contribution in [3.63, 3.8) is 0 Å². The summed E-state index contributed by atoms with van der Waals surface area (Å²) in [5, 5.41) is 6.23. The molecule has 4 rings (SSSR count). The Bertz CT molecular complexity index is 1120. The summed E-state index contributed by atoms with van der Waals surface area (Å²) in [6.45, 7) is 3.04. The lowest BCUT2D eigenvalue weighted by Crippen LogP contribution is -2.40. The molecule has 3 aromatic rings. The van der Waals surface area contributed by atoms with E-state index in [9.17, 15) is 9.59 Å². The van der Waals surface area contributed by atoms with Gasteiger partial charge in [-0.05, 0) is 31.0 Å². The Morgan fingerprint density at radius 1 is 1.10 bits per heavy atom. The Morgan fingerprint density at radius 3 is 2.59 bits per heavy atom. The maximum absolute atomic E-state index is 13.5. The molecule has 1 amide bonds. The Kier molecular flexibility index (Phi) is 5.76. The molecule has 7 heteroatoms. The highest BCUT2D eigenvalue weighted by molar-refractivity contribution is 8.13. The van der Waals surface area contributed by atoms with Crippen molar-refractivity contribution in [2.45, 2.75) is 26.3 Å².